The Morgan fingerprint density at radius 3 is 2.64 bits per heavy atom. The number of aromatic nitrogens is 1. The van der Waals surface area contributed by atoms with E-state index in [0.29, 0.717) is 31.1 Å². The monoisotopic (exact) mass is 476 g/mol. The van der Waals surface area contributed by atoms with E-state index in [4.69, 9.17) is 4.74 Å². The van der Waals surface area contributed by atoms with Gasteiger partial charge in [0.05, 0.1) is 18.1 Å². The van der Waals surface area contributed by atoms with Crippen LogP contribution in [-0.4, -0.2) is 81.0 Å². The average molecular weight is 477 g/mol. The number of carbonyl (C=O) groups excluding carboxylic acids is 1. The highest BCUT2D eigenvalue weighted by Gasteiger charge is 2.28. The van der Waals surface area contributed by atoms with Crippen molar-refractivity contribution in [2.75, 3.05) is 52.5 Å². The topological polar surface area (TPSA) is 112 Å². The number of carbonyl (C=O) groups is 1. The number of H-pyrrole nitrogens is 1. The highest BCUT2D eigenvalue weighted by atomic mass is 32.2. The third-order valence-electron chi connectivity index (χ3n) is 6.52. The minimum absolute atomic E-state index is 0.0183. The lowest BCUT2D eigenvalue weighted by Crippen LogP contribution is -2.38. The van der Waals surface area contributed by atoms with Crippen LogP contribution in [0.4, 0.5) is 0 Å². The zero-order valence-corrected chi connectivity index (χ0v) is 19.8. The minimum atomic E-state index is -3.69. The van der Waals surface area contributed by atoms with E-state index >= 15 is 0 Å². The van der Waals surface area contributed by atoms with Gasteiger partial charge < -0.3 is 15.0 Å². The van der Waals surface area contributed by atoms with Crippen LogP contribution in [0.15, 0.2) is 34.1 Å². The van der Waals surface area contributed by atoms with Gasteiger partial charge >= 0.3 is 0 Å². The van der Waals surface area contributed by atoms with Crippen LogP contribution in [0.1, 0.15) is 36.5 Å². The summed E-state index contributed by atoms with van der Waals surface area (Å²) in [6, 6.07) is 4.48. The fourth-order valence-corrected chi connectivity index (χ4v) is 5.82. The number of fused-ring (bicyclic) bond motifs is 1. The van der Waals surface area contributed by atoms with Gasteiger partial charge in [0.1, 0.15) is 5.56 Å². The van der Waals surface area contributed by atoms with Gasteiger partial charge in [0.15, 0.2) is 0 Å². The van der Waals surface area contributed by atoms with Gasteiger partial charge in [-0.2, -0.15) is 4.31 Å². The summed E-state index contributed by atoms with van der Waals surface area (Å²) < 4.78 is 33.0. The molecule has 2 aliphatic heterocycles. The molecule has 0 aliphatic carbocycles. The third kappa shape index (κ3) is 5.46. The molecule has 2 aromatic rings. The van der Waals surface area contributed by atoms with E-state index in [1.54, 1.807) is 6.07 Å². The first-order valence-corrected chi connectivity index (χ1v) is 13.0. The van der Waals surface area contributed by atoms with Crippen LogP contribution in [0, 0.1) is 5.92 Å². The van der Waals surface area contributed by atoms with Gasteiger partial charge in [-0.15, -0.1) is 0 Å². The van der Waals surface area contributed by atoms with Gasteiger partial charge in [-0.05, 0) is 49.9 Å². The zero-order chi connectivity index (χ0) is 23.4. The maximum Gasteiger partial charge on any atom is 0.256 e. The Balaban J connectivity index is 1.47. The first kappa shape index (κ1) is 23.9. The van der Waals surface area contributed by atoms with E-state index in [1.807, 2.05) is 0 Å². The number of hydrogen-bond acceptors (Lipinski definition) is 6. The lowest BCUT2D eigenvalue weighted by molar-refractivity contribution is 0.0374. The predicted octanol–water partition coefficient (Wildman–Crippen LogP) is 1.40. The molecule has 3 heterocycles. The molecule has 0 unspecified atom stereocenters. The first-order chi connectivity index (χ1) is 15.9. The fourth-order valence-electron chi connectivity index (χ4n) is 4.33. The van der Waals surface area contributed by atoms with Crippen molar-refractivity contribution in [1.82, 2.24) is 19.5 Å². The molecule has 0 radical (unpaired) electrons. The molecule has 0 spiro atoms. The lowest BCUT2D eigenvalue weighted by atomic mass is 10.0. The quantitative estimate of drug-likeness (QED) is 0.585. The Labute approximate surface area is 194 Å². The molecule has 180 valence electrons. The van der Waals surface area contributed by atoms with E-state index in [0.717, 1.165) is 52.1 Å². The molecule has 2 fully saturated rings. The number of nitrogens with zero attached hydrogens (tertiary/aromatic N) is 2. The van der Waals surface area contributed by atoms with Crippen molar-refractivity contribution in [2.45, 2.75) is 31.1 Å². The first-order valence-electron chi connectivity index (χ1n) is 11.6. The normalized spacial score (nSPS) is 19.1. The van der Waals surface area contributed by atoms with Crippen molar-refractivity contribution in [3.63, 3.8) is 0 Å². The maximum atomic E-state index is 13.1. The molecule has 1 amide bonds. The number of nitrogens with one attached hydrogen (secondary N) is 2. The summed E-state index contributed by atoms with van der Waals surface area (Å²) in [5.41, 5.74) is 0.00375. The molecule has 33 heavy (non-hydrogen) atoms. The van der Waals surface area contributed by atoms with Crippen molar-refractivity contribution < 1.29 is 17.9 Å². The van der Waals surface area contributed by atoms with Gasteiger partial charge in [0.2, 0.25) is 15.5 Å². The molecule has 1 aromatic heterocycles. The summed E-state index contributed by atoms with van der Waals surface area (Å²) in [5.74, 6) is 0.0456. The summed E-state index contributed by atoms with van der Waals surface area (Å²) in [7, 11) is -3.69. The van der Waals surface area contributed by atoms with E-state index in [2.05, 4.69) is 22.1 Å². The molecule has 0 saturated carbocycles. The Morgan fingerprint density at radius 2 is 1.91 bits per heavy atom. The number of benzene rings is 1. The molecule has 0 bridgehead atoms. The maximum absolute atomic E-state index is 13.1. The van der Waals surface area contributed by atoms with Crippen LogP contribution in [0.2, 0.25) is 0 Å². The molecular formula is C23H32N4O5S. The summed E-state index contributed by atoms with van der Waals surface area (Å²) >= 11 is 0. The summed E-state index contributed by atoms with van der Waals surface area (Å²) in [5, 5.41) is 3.00. The number of pyridine rings is 1. The van der Waals surface area contributed by atoms with Gasteiger partial charge in [0, 0.05) is 49.8 Å². The molecular weight excluding hydrogens is 444 g/mol. The van der Waals surface area contributed by atoms with Gasteiger partial charge in [-0.25, -0.2) is 8.42 Å². The largest absolute Gasteiger partial charge is 0.379 e. The summed E-state index contributed by atoms with van der Waals surface area (Å²) in [6.45, 7) is 7.62. The number of aromatic amines is 1. The predicted molar refractivity (Wildman–Crippen MR) is 126 cm³/mol. The van der Waals surface area contributed by atoms with E-state index in [1.165, 1.54) is 22.6 Å². The second kappa shape index (κ2) is 10.3. The third-order valence-corrected chi connectivity index (χ3v) is 8.41. The van der Waals surface area contributed by atoms with Crippen molar-refractivity contribution in [1.29, 1.82) is 0 Å². The number of piperidine rings is 1. The van der Waals surface area contributed by atoms with Crippen LogP contribution < -0.4 is 10.7 Å². The van der Waals surface area contributed by atoms with Gasteiger partial charge in [-0.1, -0.05) is 6.92 Å². The highest BCUT2D eigenvalue weighted by Crippen LogP contribution is 2.24. The second-order valence-corrected chi connectivity index (χ2v) is 10.8. The van der Waals surface area contributed by atoms with E-state index < -0.39 is 21.4 Å². The number of hydrogen-bond donors (Lipinski definition) is 2. The Kier molecular flexibility index (Phi) is 7.48. The highest BCUT2D eigenvalue weighted by molar-refractivity contribution is 7.89. The molecule has 10 heteroatoms. The van der Waals surface area contributed by atoms with Crippen molar-refractivity contribution in [2.24, 2.45) is 5.92 Å². The van der Waals surface area contributed by atoms with Gasteiger partial charge in [-0.3, -0.25) is 14.5 Å². The summed E-state index contributed by atoms with van der Waals surface area (Å²) in [6.07, 6.45) is 3.81. The van der Waals surface area contributed by atoms with Crippen LogP contribution >= 0.6 is 0 Å². The van der Waals surface area contributed by atoms with E-state index in [9.17, 15) is 18.0 Å². The van der Waals surface area contributed by atoms with Crippen LogP contribution in [0.25, 0.3) is 10.9 Å². The minimum Gasteiger partial charge on any atom is -0.379 e. The Bertz CT molecular complexity index is 1150. The number of morpholine rings is 1. The number of ether oxygens (including phenoxy) is 1. The number of sulfonamides is 1. The standard InChI is InChI=1S/C23H32N4O5S/c1-17-5-9-27(10-6-17)33(30,31)18-3-4-21-19(15-18)22(28)20(16-25-21)23(29)24-7-2-8-26-11-13-32-14-12-26/h3-4,15-17H,2,5-14H2,1H3,(H,24,29)(H,25,28). The fraction of sp³-hybridized carbons (Fsp3) is 0.565. The molecule has 2 aliphatic rings. The molecule has 9 nitrogen and oxygen atoms in total. The second-order valence-electron chi connectivity index (χ2n) is 8.89. The van der Waals surface area contributed by atoms with Crippen LogP contribution in [0.3, 0.4) is 0 Å². The molecule has 2 N–H and O–H groups in total. The smallest absolute Gasteiger partial charge is 0.256 e. The van der Waals surface area contributed by atoms with Gasteiger partial charge in [0.25, 0.3) is 5.91 Å². The molecule has 2 saturated heterocycles. The summed E-state index contributed by atoms with van der Waals surface area (Å²) in [4.78, 5) is 31.0. The number of rotatable bonds is 7. The van der Waals surface area contributed by atoms with Crippen molar-refractivity contribution >= 4 is 26.8 Å². The van der Waals surface area contributed by atoms with Crippen LogP contribution in [0.5, 0.6) is 0 Å². The molecule has 0 atom stereocenters. The van der Waals surface area contributed by atoms with Crippen molar-refractivity contribution in [3.05, 3.63) is 40.2 Å². The van der Waals surface area contributed by atoms with Crippen LogP contribution in [-0.2, 0) is 14.8 Å². The Hall–Kier alpha value is -2.27. The molecule has 1 aromatic carbocycles. The van der Waals surface area contributed by atoms with Crippen molar-refractivity contribution in [3.8, 4) is 0 Å². The van der Waals surface area contributed by atoms with E-state index in [-0.39, 0.29) is 15.8 Å². The molecule has 4 rings (SSSR count). The SMILES string of the molecule is CC1CCN(S(=O)(=O)c2ccc3[nH]cc(C(=O)NCCCN4CCOCC4)c(=O)c3c2)CC1. The number of amides is 1. The average Bonchev–Trinajstić information content (AvgIpc) is 2.83. The lowest BCUT2D eigenvalue weighted by Gasteiger charge is -2.29. The Morgan fingerprint density at radius 1 is 1.18 bits per heavy atom. The zero-order valence-electron chi connectivity index (χ0n) is 19.0.